The molecule has 2 aromatic carbocycles. The van der Waals surface area contributed by atoms with Crippen molar-refractivity contribution in [2.75, 3.05) is 7.11 Å². The zero-order valence-electron chi connectivity index (χ0n) is 12.7. The van der Waals surface area contributed by atoms with Gasteiger partial charge in [0.2, 0.25) is 0 Å². The van der Waals surface area contributed by atoms with E-state index in [2.05, 4.69) is 5.32 Å². The highest BCUT2D eigenvalue weighted by atomic mass is 16.5. The number of carbonyl (C=O) groups excluding carboxylic acids is 1. The summed E-state index contributed by atoms with van der Waals surface area (Å²) in [5.74, 6) is 0.602. The Bertz CT molecular complexity index is 749. The molecule has 0 saturated heterocycles. The fraction of sp³-hybridized carbons (Fsp3) is 0.105. The highest BCUT2D eigenvalue weighted by molar-refractivity contribution is 5.94. The summed E-state index contributed by atoms with van der Waals surface area (Å²) in [4.78, 5) is 12.4. The summed E-state index contributed by atoms with van der Waals surface area (Å²) in [6.45, 7) is 0. The first-order valence-corrected chi connectivity index (χ1v) is 7.30. The third-order valence-corrected chi connectivity index (χ3v) is 3.64. The summed E-state index contributed by atoms with van der Waals surface area (Å²) in [5, 5.41) is 3.05. The number of hydrogen-bond acceptors (Lipinski definition) is 3. The van der Waals surface area contributed by atoms with Crippen LogP contribution in [0.15, 0.2) is 77.6 Å². The molecule has 1 heterocycles. The number of furan rings is 1. The van der Waals surface area contributed by atoms with E-state index in [-0.39, 0.29) is 11.9 Å². The molecule has 0 saturated carbocycles. The van der Waals surface area contributed by atoms with Gasteiger partial charge in [0.05, 0.1) is 25.0 Å². The van der Waals surface area contributed by atoms with Gasteiger partial charge in [0.1, 0.15) is 12.0 Å². The summed E-state index contributed by atoms with van der Waals surface area (Å²) in [6.07, 6.45) is 2.92. The quantitative estimate of drug-likeness (QED) is 0.780. The van der Waals surface area contributed by atoms with Gasteiger partial charge in [-0.1, -0.05) is 42.5 Å². The van der Waals surface area contributed by atoms with Crippen molar-refractivity contribution in [2.24, 2.45) is 0 Å². The average molecular weight is 307 g/mol. The topological polar surface area (TPSA) is 51.5 Å². The number of methoxy groups -OCH3 is 1. The molecule has 1 atom stereocenters. The van der Waals surface area contributed by atoms with Gasteiger partial charge in [-0.05, 0) is 29.3 Å². The molecule has 1 amide bonds. The van der Waals surface area contributed by atoms with E-state index in [0.717, 1.165) is 16.9 Å². The maximum absolute atomic E-state index is 12.4. The van der Waals surface area contributed by atoms with Crippen LogP contribution in [0.5, 0.6) is 5.75 Å². The van der Waals surface area contributed by atoms with Crippen molar-refractivity contribution in [3.05, 3.63) is 89.9 Å². The van der Waals surface area contributed by atoms with Crippen LogP contribution in [0.2, 0.25) is 0 Å². The number of carbonyl (C=O) groups is 1. The maximum atomic E-state index is 12.4. The summed E-state index contributed by atoms with van der Waals surface area (Å²) in [7, 11) is 1.63. The molecule has 0 unspecified atom stereocenters. The van der Waals surface area contributed by atoms with E-state index in [9.17, 15) is 4.79 Å². The molecule has 0 fully saturated rings. The van der Waals surface area contributed by atoms with Crippen LogP contribution in [0, 0.1) is 0 Å². The van der Waals surface area contributed by atoms with Crippen LogP contribution < -0.4 is 10.1 Å². The molecule has 0 aliphatic heterocycles. The fourth-order valence-corrected chi connectivity index (χ4v) is 2.41. The normalized spacial score (nSPS) is 11.7. The molecule has 0 spiro atoms. The molecule has 1 N–H and O–H groups in total. The zero-order valence-corrected chi connectivity index (χ0v) is 12.7. The lowest BCUT2D eigenvalue weighted by Crippen LogP contribution is -2.29. The van der Waals surface area contributed by atoms with Crippen molar-refractivity contribution >= 4 is 5.91 Å². The zero-order chi connectivity index (χ0) is 16.1. The second-order valence-corrected chi connectivity index (χ2v) is 5.10. The molecule has 4 nitrogen and oxygen atoms in total. The van der Waals surface area contributed by atoms with Crippen LogP contribution in [0.3, 0.4) is 0 Å². The predicted molar refractivity (Wildman–Crippen MR) is 87.5 cm³/mol. The second-order valence-electron chi connectivity index (χ2n) is 5.10. The number of amides is 1. The SMILES string of the molecule is COc1ccc([C@@H](NC(=O)c2ccoc2)c2ccccc2)cc1. The van der Waals surface area contributed by atoms with Crippen molar-refractivity contribution in [1.29, 1.82) is 0 Å². The van der Waals surface area contributed by atoms with Crippen molar-refractivity contribution in [2.45, 2.75) is 6.04 Å². The molecule has 23 heavy (non-hydrogen) atoms. The minimum atomic E-state index is -0.246. The first-order chi connectivity index (χ1) is 11.3. The van der Waals surface area contributed by atoms with Gasteiger partial charge in [0.15, 0.2) is 0 Å². The van der Waals surface area contributed by atoms with Crippen LogP contribution in [-0.2, 0) is 0 Å². The predicted octanol–water partition coefficient (Wildman–Crippen LogP) is 3.81. The van der Waals surface area contributed by atoms with E-state index in [4.69, 9.17) is 9.15 Å². The van der Waals surface area contributed by atoms with Gasteiger partial charge < -0.3 is 14.5 Å². The second kappa shape index (κ2) is 6.83. The van der Waals surface area contributed by atoms with Crippen LogP contribution in [0.25, 0.3) is 0 Å². The van der Waals surface area contributed by atoms with Crippen LogP contribution in [0.4, 0.5) is 0 Å². The molecular weight excluding hydrogens is 290 g/mol. The fourth-order valence-electron chi connectivity index (χ4n) is 2.41. The molecule has 116 valence electrons. The Morgan fingerprint density at radius 3 is 2.30 bits per heavy atom. The van der Waals surface area contributed by atoms with Gasteiger partial charge in [-0.25, -0.2) is 0 Å². The van der Waals surface area contributed by atoms with Gasteiger partial charge in [-0.15, -0.1) is 0 Å². The molecule has 1 aromatic heterocycles. The Morgan fingerprint density at radius 1 is 1.00 bits per heavy atom. The summed E-state index contributed by atoms with van der Waals surface area (Å²) in [6, 6.07) is 18.9. The summed E-state index contributed by atoms with van der Waals surface area (Å²) >= 11 is 0. The van der Waals surface area contributed by atoms with Crippen molar-refractivity contribution in [3.8, 4) is 5.75 Å². The third-order valence-electron chi connectivity index (χ3n) is 3.64. The molecule has 3 rings (SSSR count). The molecule has 0 aliphatic carbocycles. The summed E-state index contributed by atoms with van der Waals surface area (Å²) in [5.41, 5.74) is 2.49. The van der Waals surface area contributed by atoms with Gasteiger partial charge in [-0.3, -0.25) is 4.79 Å². The van der Waals surface area contributed by atoms with E-state index >= 15 is 0 Å². The first-order valence-electron chi connectivity index (χ1n) is 7.30. The lowest BCUT2D eigenvalue weighted by Gasteiger charge is -2.20. The minimum absolute atomic E-state index is 0.177. The molecule has 0 bridgehead atoms. The molecule has 0 aliphatic rings. The standard InChI is InChI=1S/C19H17NO3/c1-22-17-9-7-15(8-10-17)18(14-5-3-2-4-6-14)20-19(21)16-11-12-23-13-16/h2-13,18H,1H3,(H,20,21)/t18-/m0/s1. The van der Waals surface area contributed by atoms with E-state index in [0.29, 0.717) is 5.56 Å². The smallest absolute Gasteiger partial charge is 0.255 e. The minimum Gasteiger partial charge on any atom is -0.497 e. The lowest BCUT2D eigenvalue weighted by molar-refractivity contribution is 0.0942. The molecule has 4 heteroatoms. The monoisotopic (exact) mass is 307 g/mol. The number of nitrogens with one attached hydrogen (secondary N) is 1. The third kappa shape index (κ3) is 3.43. The van der Waals surface area contributed by atoms with Crippen LogP contribution in [0.1, 0.15) is 27.5 Å². The van der Waals surface area contributed by atoms with Crippen molar-refractivity contribution in [1.82, 2.24) is 5.32 Å². The largest absolute Gasteiger partial charge is 0.497 e. The number of ether oxygens (including phenoxy) is 1. The number of rotatable bonds is 5. The Kier molecular flexibility index (Phi) is 4.43. The van der Waals surface area contributed by atoms with E-state index in [1.54, 1.807) is 13.2 Å². The van der Waals surface area contributed by atoms with Crippen molar-refractivity contribution in [3.63, 3.8) is 0 Å². The van der Waals surface area contributed by atoms with Gasteiger partial charge in [0, 0.05) is 0 Å². The van der Waals surface area contributed by atoms with Crippen molar-refractivity contribution < 1.29 is 13.9 Å². The highest BCUT2D eigenvalue weighted by Gasteiger charge is 2.18. The highest BCUT2D eigenvalue weighted by Crippen LogP contribution is 2.24. The Labute approximate surface area is 134 Å². The van der Waals surface area contributed by atoms with Crippen LogP contribution >= 0.6 is 0 Å². The molecule has 0 radical (unpaired) electrons. The van der Waals surface area contributed by atoms with Gasteiger partial charge >= 0.3 is 0 Å². The Balaban J connectivity index is 1.91. The van der Waals surface area contributed by atoms with Crippen LogP contribution in [-0.4, -0.2) is 13.0 Å². The Hall–Kier alpha value is -3.01. The Morgan fingerprint density at radius 2 is 1.70 bits per heavy atom. The lowest BCUT2D eigenvalue weighted by atomic mass is 9.98. The first kappa shape index (κ1) is 14.9. The average Bonchev–Trinajstić information content (AvgIpc) is 3.15. The van der Waals surface area contributed by atoms with Gasteiger partial charge in [0.25, 0.3) is 5.91 Å². The molecule has 3 aromatic rings. The number of hydrogen-bond donors (Lipinski definition) is 1. The van der Waals surface area contributed by atoms with E-state index in [1.807, 2.05) is 54.6 Å². The van der Waals surface area contributed by atoms with E-state index in [1.165, 1.54) is 12.5 Å². The number of benzene rings is 2. The maximum Gasteiger partial charge on any atom is 0.255 e. The van der Waals surface area contributed by atoms with E-state index < -0.39 is 0 Å². The van der Waals surface area contributed by atoms with Gasteiger partial charge in [-0.2, -0.15) is 0 Å². The summed E-state index contributed by atoms with van der Waals surface area (Å²) < 4.78 is 10.2. The molecular formula is C19H17NO3.